The zero-order chi connectivity index (χ0) is 10.6. The van der Waals surface area contributed by atoms with Gasteiger partial charge in [-0.1, -0.05) is 0 Å². The minimum absolute atomic E-state index is 0.186. The van der Waals surface area contributed by atoms with E-state index in [1.165, 1.54) is 0 Å². The highest BCUT2D eigenvalue weighted by Crippen LogP contribution is 2.10. The van der Waals surface area contributed by atoms with Crippen molar-refractivity contribution in [3.05, 3.63) is 24.2 Å². The fourth-order valence-electron chi connectivity index (χ4n) is 1.07. The lowest BCUT2D eigenvalue weighted by Crippen LogP contribution is -2.23. The standard InChI is InChI=1S/C11H16O3/c1-11(2,3)14-10(12)7-6-9-5-4-8-13-9/h4-5,8H,6-7H2,1-3H3. The van der Waals surface area contributed by atoms with E-state index < -0.39 is 5.60 Å². The van der Waals surface area contributed by atoms with Gasteiger partial charge in [0.25, 0.3) is 0 Å². The Balaban J connectivity index is 2.29. The maximum Gasteiger partial charge on any atom is 0.306 e. The van der Waals surface area contributed by atoms with Gasteiger partial charge in [-0.3, -0.25) is 4.79 Å². The van der Waals surface area contributed by atoms with Crippen molar-refractivity contribution < 1.29 is 13.9 Å². The molecule has 0 bridgehead atoms. The average Bonchev–Trinajstić information content (AvgIpc) is 2.49. The molecule has 0 aliphatic heterocycles. The highest BCUT2D eigenvalue weighted by Gasteiger charge is 2.16. The van der Waals surface area contributed by atoms with E-state index in [1.54, 1.807) is 6.26 Å². The highest BCUT2D eigenvalue weighted by atomic mass is 16.6. The van der Waals surface area contributed by atoms with Crippen LogP contribution in [0.2, 0.25) is 0 Å². The number of hydrogen-bond acceptors (Lipinski definition) is 3. The fourth-order valence-corrected chi connectivity index (χ4v) is 1.07. The fraction of sp³-hybridized carbons (Fsp3) is 0.545. The maximum absolute atomic E-state index is 11.3. The first kappa shape index (κ1) is 10.8. The summed E-state index contributed by atoms with van der Waals surface area (Å²) in [6.07, 6.45) is 2.57. The molecule has 0 aliphatic carbocycles. The van der Waals surface area contributed by atoms with Gasteiger partial charge in [0, 0.05) is 6.42 Å². The normalized spacial score (nSPS) is 11.4. The first-order valence-corrected chi connectivity index (χ1v) is 4.71. The van der Waals surface area contributed by atoms with Gasteiger partial charge in [0.1, 0.15) is 11.4 Å². The van der Waals surface area contributed by atoms with Crippen LogP contribution in [-0.2, 0) is 16.0 Å². The van der Waals surface area contributed by atoms with E-state index in [0.29, 0.717) is 12.8 Å². The van der Waals surface area contributed by atoms with Gasteiger partial charge in [0.05, 0.1) is 12.7 Å². The van der Waals surface area contributed by atoms with Crippen LogP contribution < -0.4 is 0 Å². The summed E-state index contributed by atoms with van der Waals surface area (Å²) in [6.45, 7) is 5.58. The molecule has 1 heterocycles. The summed E-state index contributed by atoms with van der Waals surface area (Å²) < 4.78 is 10.3. The highest BCUT2D eigenvalue weighted by molar-refractivity contribution is 5.70. The van der Waals surface area contributed by atoms with E-state index in [1.807, 2.05) is 32.9 Å². The molecule has 0 unspecified atom stereocenters. The molecule has 0 atom stereocenters. The van der Waals surface area contributed by atoms with Crippen molar-refractivity contribution in [3.8, 4) is 0 Å². The van der Waals surface area contributed by atoms with Crippen molar-refractivity contribution in [2.45, 2.75) is 39.2 Å². The quantitative estimate of drug-likeness (QED) is 0.697. The van der Waals surface area contributed by atoms with Crippen LogP contribution in [0.15, 0.2) is 22.8 Å². The van der Waals surface area contributed by atoms with E-state index in [2.05, 4.69) is 0 Å². The Morgan fingerprint density at radius 3 is 2.71 bits per heavy atom. The Hall–Kier alpha value is -1.25. The molecule has 1 aromatic rings. The molecule has 0 radical (unpaired) electrons. The number of carbonyl (C=O) groups excluding carboxylic acids is 1. The third-order valence-electron chi connectivity index (χ3n) is 1.58. The summed E-state index contributed by atoms with van der Waals surface area (Å²) in [5, 5.41) is 0. The average molecular weight is 196 g/mol. The van der Waals surface area contributed by atoms with E-state index in [4.69, 9.17) is 9.15 Å². The maximum atomic E-state index is 11.3. The molecule has 0 spiro atoms. The van der Waals surface area contributed by atoms with E-state index in [-0.39, 0.29) is 5.97 Å². The summed E-state index contributed by atoms with van der Waals surface area (Å²) in [6, 6.07) is 3.66. The van der Waals surface area contributed by atoms with Gasteiger partial charge < -0.3 is 9.15 Å². The van der Waals surface area contributed by atoms with Crippen molar-refractivity contribution in [1.82, 2.24) is 0 Å². The number of esters is 1. The van der Waals surface area contributed by atoms with Gasteiger partial charge in [0.2, 0.25) is 0 Å². The minimum Gasteiger partial charge on any atom is -0.469 e. The molecule has 3 heteroatoms. The molecule has 0 fully saturated rings. The van der Waals surface area contributed by atoms with Crippen molar-refractivity contribution in [2.24, 2.45) is 0 Å². The molecule has 0 aliphatic rings. The van der Waals surface area contributed by atoms with E-state index in [0.717, 1.165) is 5.76 Å². The van der Waals surface area contributed by atoms with Gasteiger partial charge in [-0.2, -0.15) is 0 Å². The van der Waals surface area contributed by atoms with Gasteiger partial charge >= 0.3 is 5.97 Å². The Bertz CT molecular complexity index is 280. The second-order valence-electron chi connectivity index (χ2n) is 4.17. The number of carbonyl (C=O) groups is 1. The summed E-state index contributed by atoms with van der Waals surface area (Å²) in [5.74, 6) is 0.629. The van der Waals surface area contributed by atoms with Gasteiger partial charge in [-0.05, 0) is 32.9 Å². The molecule has 3 nitrogen and oxygen atoms in total. The van der Waals surface area contributed by atoms with Crippen molar-refractivity contribution in [3.63, 3.8) is 0 Å². The van der Waals surface area contributed by atoms with Gasteiger partial charge in [-0.25, -0.2) is 0 Å². The summed E-state index contributed by atoms with van der Waals surface area (Å²) in [4.78, 5) is 11.3. The predicted molar refractivity (Wildman–Crippen MR) is 52.9 cm³/mol. The zero-order valence-corrected chi connectivity index (χ0v) is 8.87. The lowest BCUT2D eigenvalue weighted by atomic mass is 10.2. The lowest BCUT2D eigenvalue weighted by Gasteiger charge is -2.19. The molecule has 1 aromatic heterocycles. The van der Waals surface area contributed by atoms with E-state index in [9.17, 15) is 4.79 Å². The van der Waals surface area contributed by atoms with Gasteiger partial charge in [0.15, 0.2) is 0 Å². The molecule has 14 heavy (non-hydrogen) atoms. The second-order valence-corrected chi connectivity index (χ2v) is 4.17. The molecular formula is C11H16O3. The van der Waals surface area contributed by atoms with Crippen LogP contribution in [0.25, 0.3) is 0 Å². The monoisotopic (exact) mass is 196 g/mol. The van der Waals surface area contributed by atoms with E-state index >= 15 is 0 Å². The smallest absolute Gasteiger partial charge is 0.306 e. The van der Waals surface area contributed by atoms with Crippen LogP contribution in [-0.4, -0.2) is 11.6 Å². The largest absolute Gasteiger partial charge is 0.469 e. The van der Waals surface area contributed by atoms with Crippen LogP contribution in [0.5, 0.6) is 0 Å². The first-order valence-electron chi connectivity index (χ1n) is 4.71. The molecule has 0 aromatic carbocycles. The number of ether oxygens (including phenoxy) is 1. The Morgan fingerprint density at radius 2 is 2.21 bits per heavy atom. The topological polar surface area (TPSA) is 39.4 Å². The van der Waals surface area contributed by atoms with Crippen LogP contribution in [0.4, 0.5) is 0 Å². The third-order valence-corrected chi connectivity index (χ3v) is 1.58. The van der Waals surface area contributed by atoms with Crippen LogP contribution in [0, 0.1) is 0 Å². The SMILES string of the molecule is CC(C)(C)OC(=O)CCc1ccco1. The van der Waals surface area contributed by atoms with Gasteiger partial charge in [-0.15, -0.1) is 0 Å². The zero-order valence-electron chi connectivity index (χ0n) is 8.87. The Kier molecular flexibility index (Phi) is 3.33. The predicted octanol–water partition coefficient (Wildman–Crippen LogP) is 2.55. The molecule has 0 N–H and O–H groups in total. The summed E-state index contributed by atoms with van der Waals surface area (Å²) in [5.41, 5.74) is -0.403. The van der Waals surface area contributed by atoms with Crippen LogP contribution in [0.3, 0.4) is 0 Å². The molecule has 0 saturated carbocycles. The second kappa shape index (κ2) is 4.31. The first-order chi connectivity index (χ1) is 6.47. The number of aryl methyl sites for hydroxylation is 1. The molecule has 1 rings (SSSR count). The molecule has 0 amide bonds. The Labute approximate surface area is 84.1 Å². The van der Waals surface area contributed by atoms with Crippen molar-refractivity contribution in [1.29, 1.82) is 0 Å². The number of rotatable bonds is 3. The Morgan fingerprint density at radius 1 is 1.50 bits per heavy atom. The summed E-state index contributed by atoms with van der Waals surface area (Å²) >= 11 is 0. The van der Waals surface area contributed by atoms with Crippen molar-refractivity contribution in [2.75, 3.05) is 0 Å². The number of hydrogen-bond donors (Lipinski definition) is 0. The van der Waals surface area contributed by atoms with Crippen LogP contribution >= 0.6 is 0 Å². The third kappa shape index (κ3) is 4.12. The lowest BCUT2D eigenvalue weighted by molar-refractivity contribution is -0.154. The minimum atomic E-state index is -0.403. The van der Waals surface area contributed by atoms with Crippen molar-refractivity contribution >= 4 is 5.97 Å². The van der Waals surface area contributed by atoms with Crippen LogP contribution in [0.1, 0.15) is 33.0 Å². The number of furan rings is 1. The molecule has 0 saturated heterocycles. The molecule has 78 valence electrons. The molecular weight excluding hydrogens is 180 g/mol. The summed E-state index contributed by atoms with van der Waals surface area (Å²) in [7, 11) is 0.